The molecule has 60 heavy (non-hydrogen) atoms. The van der Waals surface area contributed by atoms with Gasteiger partial charge in [-0.15, -0.1) is 0 Å². The maximum atomic E-state index is 12.6. The molecule has 16 heteroatoms. The van der Waals surface area contributed by atoms with E-state index in [4.69, 9.17) is 23.8 Å². The fraction of sp³-hybridized carbons (Fsp3) is 0.705. The summed E-state index contributed by atoms with van der Waals surface area (Å²) < 4.78 is 47.6. The van der Waals surface area contributed by atoms with Gasteiger partial charge >= 0.3 is 27.6 Å². The van der Waals surface area contributed by atoms with E-state index in [1.165, 1.54) is 51.4 Å². The lowest BCUT2D eigenvalue weighted by Crippen LogP contribution is -2.29. The molecule has 0 aromatic carbocycles. The lowest BCUT2D eigenvalue weighted by Gasteiger charge is -2.20. The van der Waals surface area contributed by atoms with Crippen LogP contribution in [0.15, 0.2) is 60.8 Å². The number of phosphoric acid groups is 2. The van der Waals surface area contributed by atoms with Gasteiger partial charge in [0.05, 0.1) is 19.8 Å². The predicted molar refractivity (Wildman–Crippen MR) is 235 cm³/mol. The van der Waals surface area contributed by atoms with Crippen molar-refractivity contribution in [1.82, 2.24) is 0 Å². The molecule has 0 heterocycles. The number of ether oxygens (including phenoxy) is 2. The molecular weight excluding hydrogens is 814 g/mol. The minimum atomic E-state index is -4.88. The topological polar surface area (TPSA) is 212 Å². The fourth-order valence-electron chi connectivity index (χ4n) is 5.46. The molecule has 4 N–H and O–H groups in total. The van der Waals surface area contributed by atoms with Crippen molar-refractivity contribution in [3.63, 3.8) is 0 Å². The predicted octanol–water partition coefficient (Wildman–Crippen LogP) is 10.4. The third kappa shape index (κ3) is 42.2. The second kappa shape index (κ2) is 39.3. The van der Waals surface area contributed by atoms with Gasteiger partial charge in [-0.3, -0.25) is 28.0 Å². The number of allylic oxidation sites excluding steroid dienone is 10. The number of carbonyl (C=O) groups excluding carboxylic acids is 3. The second-order valence-corrected chi connectivity index (χ2v) is 17.3. The Hall–Kier alpha value is -2.51. The van der Waals surface area contributed by atoms with Crippen LogP contribution in [0.1, 0.15) is 162 Å². The highest BCUT2D eigenvalue weighted by Crippen LogP contribution is 2.43. The smallest absolute Gasteiger partial charge is 0.462 e. The van der Waals surface area contributed by atoms with E-state index in [2.05, 4.69) is 53.3 Å². The molecule has 0 aliphatic heterocycles. The van der Waals surface area contributed by atoms with Crippen LogP contribution in [0.5, 0.6) is 0 Å². The van der Waals surface area contributed by atoms with Gasteiger partial charge in [0.1, 0.15) is 12.7 Å². The maximum Gasteiger partial charge on any atom is 0.472 e. The molecular formula is C44H76O14P2. The zero-order chi connectivity index (χ0) is 44.6. The summed E-state index contributed by atoms with van der Waals surface area (Å²) in [6.07, 6.45) is 37.6. The van der Waals surface area contributed by atoms with Crippen LogP contribution in [0.3, 0.4) is 0 Å². The molecule has 0 amide bonds. The summed E-state index contributed by atoms with van der Waals surface area (Å²) in [4.78, 5) is 64.7. The van der Waals surface area contributed by atoms with E-state index in [1.807, 2.05) is 18.2 Å². The average Bonchev–Trinajstić information content (AvgIpc) is 3.20. The van der Waals surface area contributed by atoms with Gasteiger partial charge in [-0.25, -0.2) is 9.13 Å². The molecule has 0 radical (unpaired) electrons. The summed E-state index contributed by atoms with van der Waals surface area (Å²) in [6.45, 7) is 1.50. The summed E-state index contributed by atoms with van der Waals surface area (Å²) in [5, 5.41) is 9.74. The zero-order valence-corrected chi connectivity index (χ0v) is 38.1. The van der Waals surface area contributed by atoms with Gasteiger partial charge in [-0.2, -0.15) is 0 Å². The molecule has 0 aliphatic carbocycles. The highest BCUT2D eigenvalue weighted by atomic mass is 31.2. The summed E-state index contributed by atoms with van der Waals surface area (Å²) >= 11 is 0. The van der Waals surface area contributed by atoms with Gasteiger partial charge < -0.3 is 29.3 Å². The third-order valence-corrected chi connectivity index (χ3v) is 10.3. The van der Waals surface area contributed by atoms with Crippen molar-refractivity contribution < 1.29 is 66.3 Å². The monoisotopic (exact) mass is 890 g/mol. The second-order valence-electron chi connectivity index (χ2n) is 14.6. The summed E-state index contributed by atoms with van der Waals surface area (Å²) in [5.74, 6) is -1.11. The van der Waals surface area contributed by atoms with E-state index in [0.29, 0.717) is 25.7 Å². The molecule has 0 rings (SSSR count). The van der Waals surface area contributed by atoms with Gasteiger partial charge in [0, 0.05) is 19.3 Å². The summed E-state index contributed by atoms with van der Waals surface area (Å²) in [6, 6.07) is 0. The average molecular weight is 891 g/mol. The van der Waals surface area contributed by atoms with Crippen LogP contribution in [0.4, 0.5) is 0 Å². The minimum absolute atomic E-state index is 0.0329. The molecule has 1 unspecified atom stereocenters. The van der Waals surface area contributed by atoms with Crippen LogP contribution in [-0.2, 0) is 46.6 Å². The van der Waals surface area contributed by atoms with Crippen LogP contribution in [0, 0.1) is 0 Å². The Kier molecular flexibility index (Phi) is 37.7. The highest BCUT2D eigenvalue weighted by Gasteiger charge is 2.28. The van der Waals surface area contributed by atoms with Gasteiger partial charge in [-0.05, 0) is 70.3 Å². The van der Waals surface area contributed by atoms with Crippen LogP contribution in [0.25, 0.3) is 0 Å². The van der Waals surface area contributed by atoms with Gasteiger partial charge in [0.15, 0.2) is 11.9 Å². The molecule has 0 saturated heterocycles. The zero-order valence-electron chi connectivity index (χ0n) is 36.3. The Labute approximate surface area is 359 Å². The van der Waals surface area contributed by atoms with Crippen molar-refractivity contribution in [2.75, 3.05) is 26.4 Å². The van der Waals surface area contributed by atoms with E-state index in [9.17, 15) is 33.5 Å². The van der Waals surface area contributed by atoms with Crippen molar-refractivity contribution in [1.29, 1.82) is 0 Å². The molecule has 0 fully saturated rings. The number of hydrogen-bond acceptors (Lipinski definition) is 11. The van der Waals surface area contributed by atoms with E-state index >= 15 is 0 Å². The number of hydrogen-bond donors (Lipinski definition) is 4. The maximum absolute atomic E-state index is 12.6. The first-order valence-electron chi connectivity index (χ1n) is 21.9. The fourth-order valence-corrected chi connectivity index (χ4v) is 6.62. The van der Waals surface area contributed by atoms with E-state index in [0.717, 1.165) is 57.8 Å². The Morgan fingerprint density at radius 2 is 1.03 bits per heavy atom. The number of phosphoric ester groups is 2. The van der Waals surface area contributed by atoms with E-state index in [-0.39, 0.29) is 18.6 Å². The van der Waals surface area contributed by atoms with Crippen LogP contribution >= 0.6 is 15.6 Å². The number of carbonyl (C=O) groups is 3. The van der Waals surface area contributed by atoms with Gasteiger partial charge in [0.25, 0.3) is 0 Å². The largest absolute Gasteiger partial charge is 0.472 e. The summed E-state index contributed by atoms with van der Waals surface area (Å²) in [5.41, 5.74) is 0. The molecule has 0 aromatic heterocycles. The Morgan fingerprint density at radius 1 is 0.533 bits per heavy atom. The summed E-state index contributed by atoms with van der Waals surface area (Å²) in [7, 11) is -9.73. The normalized spacial score (nSPS) is 14.5. The number of ketones is 1. The lowest BCUT2D eigenvalue weighted by molar-refractivity contribution is -0.161. The minimum Gasteiger partial charge on any atom is -0.462 e. The van der Waals surface area contributed by atoms with E-state index in [1.54, 1.807) is 12.2 Å². The molecule has 0 aromatic rings. The molecule has 3 atom stereocenters. The van der Waals surface area contributed by atoms with Crippen molar-refractivity contribution in [2.24, 2.45) is 0 Å². The number of aliphatic hydroxyl groups excluding tert-OH is 1. The van der Waals surface area contributed by atoms with E-state index < -0.39 is 66.2 Å². The molecule has 0 saturated carbocycles. The molecule has 0 bridgehead atoms. The first kappa shape index (κ1) is 57.5. The van der Waals surface area contributed by atoms with Crippen molar-refractivity contribution in [2.45, 2.75) is 174 Å². The van der Waals surface area contributed by atoms with Crippen molar-refractivity contribution in [3.8, 4) is 0 Å². The highest BCUT2D eigenvalue weighted by molar-refractivity contribution is 7.47. The standard InChI is InChI=1S/C44H76O14P2/c1-3-5-7-9-11-12-13-14-15-16-17-18-19-20-22-26-31-35-44(48)58-42(39-57-60(52,53)56-37-41(46)36-55-59(49,50)51)38-54-43(47)34-30-27-23-25-29-33-40(45)32-28-24-21-10-8-6-4-2/h14-15,17-18,20-22,24,28,32,41-42,46H,3-13,16,19,23,25-27,29-31,33-39H2,1-2H3,(H,52,53)(H2,49,50,51)/b15-14-,18-17-,22-20-,24-21-,32-28+/t41-,42+/m0/s1. The molecule has 0 spiro atoms. The number of aliphatic hydroxyl groups is 1. The molecule has 14 nitrogen and oxygen atoms in total. The SMILES string of the molecule is CCCCC/C=C\C=C\C(=O)CCCCCCCC(=O)OC[C@H](COP(=O)(O)OC[C@@H](O)COP(=O)(O)O)OC(=O)CCC/C=C\C/C=C\C/C=C\CCCCCCCC. The van der Waals surface area contributed by atoms with Crippen LogP contribution in [-0.4, -0.2) is 76.1 Å². The number of esters is 2. The lowest BCUT2D eigenvalue weighted by atomic mass is 10.1. The first-order valence-corrected chi connectivity index (χ1v) is 25.0. The molecule has 0 aliphatic rings. The quantitative estimate of drug-likeness (QED) is 0.0112. The van der Waals surface area contributed by atoms with Gasteiger partial charge in [0.2, 0.25) is 0 Å². The van der Waals surface area contributed by atoms with Crippen molar-refractivity contribution >= 4 is 33.4 Å². The van der Waals surface area contributed by atoms with Crippen LogP contribution in [0.2, 0.25) is 0 Å². The van der Waals surface area contributed by atoms with Crippen LogP contribution < -0.4 is 0 Å². The Morgan fingerprint density at radius 3 is 1.70 bits per heavy atom. The number of unbranched alkanes of at least 4 members (excludes halogenated alkanes) is 14. The number of rotatable bonds is 41. The first-order chi connectivity index (χ1) is 28.8. The molecule has 346 valence electrons. The van der Waals surface area contributed by atoms with Gasteiger partial charge in [-0.1, -0.05) is 133 Å². The third-order valence-electron chi connectivity index (χ3n) is 8.85. The Balaban J connectivity index is 4.69. The Bertz CT molecular complexity index is 1350. The van der Waals surface area contributed by atoms with Crippen molar-refractivity contribution in [3.05, 3.63) is 60.8 Å².